The van der Waals surface area contributed by atoms with Gasteiger partial charge < -0.3 is 5.32 Å². The van der Waals surface area contributed by atoms with Crippen LogP contribution >= 0.6 is 15.9 Å². The summed E-state index contributed by atoms with van der Waals surface area (Å²) in [5, 5.41) is 3.72. The molecule has 1 unspecified atom stereocenters. The number of hydrogen-bond acceptors (Lipinski definition) is 1. The van der Waals surface area contributed by atoms with Crippen molar-refractivity contribution in [3.8, 4) is 0 Å². The minimum Gasteiger partial charge on any atom is -0.313 e. The van der Waals surface area contributed by atoms with Crippen molar-refractivity contribution in [1.82, 2.24) is 5.32 Å². The molecule has 0 heterocycles. The summed E-state index contributed by atoms with van der Waals surface area (Å²) >= 11 is 3.49. The van der Waals surface area contributed by atoms with Crippen LogP contribution < -0.4 is 5.32 Å². The molecule has 1 aliphatic rings. The van der Waals surface area contributed by atoms with E-state index in [-0.39, 0.29) is 0 Å². The Kier molecular flexibility index (Phi) is 5.05. The first-order chi connectivity index (χ1) is 8.29. The van der Waals surface area contributed by atoms with E-state index >= 15 is 0 Å². The fourth-order valence-electron chi connectivity index (χ4n) is 2.45. The van der Waals surface area contributed by atoms with E-state index in [0.29, 0.717) is 6.04 Å². The topological polar surface area (TPSA) is 12.0 Å². The molecule has 0 spiro atoms. The van der Waals surface area contributed by atoms with Crippen LogP contribution in [-0.2, 0) is 6.42 Å². The number of hydrogen-bond donors (Lipinski definition) is 1. The molecule has 2 rings (SSSR count). The molecule has 0 amide bonds. The smallest absolute Gasteiger partial charge is 0.0175 e. The van der Waals surface area contributed by atoms with Crippen LogP contribution in [0.3, 0.4) is 0 Å². The molecule has 1 aliphatic carbocycles. The Morgan fingerprint density at radius 1 is 1.29 bits per heavy atom. The Morgan fingerprint density at radius 3 is 2.53 bits per heavy atom. The van der Waals surface area contributed by atoms with Gasteiger partial charge in [0, 0.05) is 10.5 Å². The third kappa shape index (κ3) is 3.82. The van der Waals surface area contributed by atoms with Gasteiger partial charge in [-0.3, -0.25) is 0 Å². The van der Waals surface area contributed by atoms with E-state index < -0.39 is 0 Å². The van der Waals surface area contributed by atoms with Gasteiger partial charge in [-0.1, -0.05) is 41.4 Å². The molecule has 1 nitrogen and oxygen atoms in total. The van der Waals surface area contributed by atoms with Crippen LogP contribution in [0.2, 0.25) is 0 Å². The fourth-order valence-corrected chi connectivity index (χ4v) is 2.72. The predicted octanol–water partition coefficient (Wildman–Crippen LogP) is 4.16. The SMILES string of the molecule is CCCNC(Cc1ccc(Br)cc1)C1CCC1. The second-order valence-corrected chi connectivity index (χ2v) is 6.00. The molecular formula is C15H22BrN. The summed E-state index contributed by atoms with van der Waals surface area (Å²) in [7, 11) is 0. The number of benzene rings is 1. The van der Waals surface area contributed by atoms with Gasteiger partial charge >= 0.3 is 0 Å². The molecule has 0 aromatic heterocycles. The molecule has 0 saturated heterocycles. The van der Waals surface area contributed by atoms with E-state index in [1.165, 1.54) is 42.1 Å². The Morgan fingerprint density at radius 2 is 2.00 bits per heavy atom. The molecule has 1 saturated carbocycles. The zero-order valence-corrected chi connectivity index (χ0v) is 12.2. The lowest BCUT2D eigenvalue weighted by molar-refractivity contribution is 0.227. The lowest BCUT2D eigenvalue weighted by Crippen LogP contribution is -2.41. The largest absolute Gasteiger partial charge is 0.313 e. The van der Waals surface area contributed by atoms with Crippen LogP contribution in [0.25, 0.3) is 0 Å². The Balaban J connectivity index is 1.93. The molecule has 0 aliphatic heterocycles. The summed E-state index contributed by atoms with van der Waals surface area (Å²) in [6.45, 7) is 3.39. The maximum absolute atomic E-state index is 3.72. The molecule has 0 bridgehead atoms. The van der Waals surface area contributed by atoms with Gasteiger partial charge in [-0.2, -0.15) is 0 Å². The van der Waals surface area contributed by atoms with Crippen molar-refractivity contribution in [3.05, 3.63) is 34.3 Å². The summed E-state index contributed by atoms with van der Waals surface area (Å²) in [5.74, 6) is 0.908. The zero-order valence-electron chi connectivity index (χ0n) is 10.6. The first-order valence-corrected chi connectivity index (χ1v) is 7.56. The van der Waals surface area contributed by atoms with Crippen molar-refractivity contribution < 1.29 is 0 Å². The van der Waals surface area contributed by atoms with Crippen molar-refractivity contribution in [1.29, 1.82) is 0 Å². The molecule has 1 aromatic carbocycles. The average molecular weight is 296 g/mol. The van der Waals surface area contributed by atoms with Gasteiger partial charge in [0.05, 0.1) is 0 Å². The molecule has 0 radical (unpaired) electrons. The highest BCUT2D eigenvalue weighted by atomic mass is 79.9. The van der Waals surface area contributed by atoms with Crippen LogP contribution in [0.1, 0.15) is 38.2 Å². The summed E-state index contributed by atoms with van der Waals surface area (Å²) in [6, 6.07) is 9.46. The standard InChI is InChI=1S/C15H22BrN/c1-2-10-17-15(13-4-3-5-13)11-12-6-8-14(16)9-7-12/h6-9,13,15,17H,2-5,10-11H2,1H3. The number of rotatable bonds is 6. The summed E-state index contributed by atoms with van der Waals surface area (Å²) in [4.78, 5) is 0. The molecule has 1 atom stereocenters. The van der Waals surface area contributed by atoms with Crippen molar-refractivity contribution in [2.24, 2.45) is 5.92 Å². The average Bonchev–Trinajstić information content (AvgIpc) is 2.26. The normalized spacial score (nSPS) is 17.8. The first kappa shape index (κ1) is 13.1. The lowest BCUT2D eigenvalue weighted by Gasteiger charge is -2.34. The molecule has 17 heavy (non-hydrogen) atoms. The molecule has 1 N–H and O–H groups in total. The maximum Gasteiger partial charge on any atom is 0.0175 e. The first-order valence-electron chi connectivity index (χ1n) is 6.77. The van der Waals surface area contributed by atoms with Crippen LogP contribution in [0.5, 0.6) is 0 Å². The molecule has 1 aromatic rings. The Labute approximate surface area is 113 Å². The van der Waals surface area contributed by atoms with Gasteiger partial charge in [0.25, 0.3) is 0 Å². The van der Waals surface area contributed by atoms with Gasteiger partial charge in [-0.25, -0.2) is 0 Å². The van der Waals surface area contributed by atoms with Crippen molar-refractivity contribution >= 4 is 15.9 Å². The van der Waals surface area contributed by atoms with Gasteiger partial charge in [0.1, 0.15) is 0 Å². The van der Waals surface area contributed by atoms with Gasteiger partial charge in [0.15, 0.2) is 0 Å². The predicted molar refractivity (Wildman–Crippen MR) is 77.3 cm³/mol. The highest BCUT2D eigenvalue weighted by Gasteiger charge is 2.26. The molecular weight excluding hydrogens is 274 g/mol. The Bertz CT molecular complexity index is 329. The summed E-state index contributed by atoms with van der Waals surface area (Å²) < 4.78 is 1.17. The number of nitrogens with one attached hydrogen (secondary N) is 1. The third-order valence-electron chi connectivity index (χ3n) is 3.74. The second-order valence-electron chi connectivity index (χ2n) is 5.08. The van der Waals surface area contributed by atoms with E-state index in [0.717, 1.165) is 12.5 Å². The summed E-state index contributed by atoms with van der Waals surface area (Å²) in [5.41, 5.74) is 1.45. The van der Waals surface area contributed by atoms with E-state index in [1.54, 1.807) is 0 Å². The van der Waals surface area contributed by atoms with Crippen molar-refractivity contribution in [3.63, 3.8) is 0 Å². The van der Waals surface area contributed by atoms with Crippen molar-refractivity contribution in [2.45, 2.75) is 45.1 Å². The summed E-state index contributed by atoms with van der Waals surface area (Å²) in [6.07, 6.45) is 6.66. The fraction of sp³-hybridized carbons (Fsp3) is 0.600. The van der Waals surface area contributed by atoms with Crippen molar-refractivity contribution in [2.75, 3.05) is 6.54 Å². The van der Waals surface area contributed by atoms with E-state index in [1.807, 2.05) is 0 Å². The van der Waals surface area contributed by atoms with Crippen LogP contribution in [-0.4, -0.2) is 12.6 Å². The molecule has 94 valence electrons. The third-order valence-corrected chi connectivity index (χ3v) is 4.27. The van der Waals surface area contributed by atoms with Crippen LogP contribution in [0.4, 0.5) is 0 Å². The zero-order chi connectivity index (χ0) is 12.1. The lowest BCUT2D eigenvalue weighted by atomic mass is 9.77. The van der Waals surface area contributed by atoms with E-state index in [2.05, 4.69) is 52.4 Å². The monoisotopic (exact) mass is 295 g/mol. The Hall–Kier alpha value is -0.340. The molecule has 1 fully saturated rings. The second kappa shape index (κ2) is 6.55. The quantitative estimate of drug-likeness (QED) is 0.831. The van der Waals surface area contributed by atoms with E-state index in [4.69, 9.17) is 0 Å². The molecule has 2 heteroatoms. The minimum absolute atomic E-state index is 0.685. The maximum atomic E-state index is 3.72. The van der Waals surface area contributed by atoms with Crippen LogP contribution in [0.15, 0.2) is 28.7 Å². The highest BCUT2D eigenvalue weighted by Crippen LogP contribution is 2.31. The highest BCUT2D eigenvalue weighted by molar-refractivity contribution is 9.10. The van der Waals surface area contributed by atoms with Crippen LogP contribution in [0, 0.1) is 5.92 Å². The van der Waals surface area contributed by atoms with Gasteiger partial charge in [0.2, 0.25) is 0 Å². The minimum atomic E-state index is 0.685. The number of halogens is 1. The van der Waals surface area contributed by atoms with E-state index in [9.17, 15) is 0 Å². The van der Waals surface area contributed by atoms with Gasteiger partial charge in [-0.15, -0.1) is 0 Å². The van der Waals surface area contributed by atoms with Gasteiger partial charge in [-0.05, 0) is 55.8 Å².